The second kappa shape index (κ2) is 6.41. The molecule has 1 spiro atoms. The van der Waals surface area contributed by atoms with Crippen molar-refractivity contribution in [3.05, 3.63) is 35.9 Å². The third-order valence-corrected chi connectivity index (χ3v) is 5.95. The quantitative estimate of drug-likeness (QED) is 0.924. The van der Waals surface area contributed by atoms with Crippen LogP contribution in [0.4, 0.5) is 0 Å². The van der Waals surface area contributed by atoms with Crippen molar-refractivity contribution >= 4 is 17.7 Å². The van der Waals surface area contributed by atoms with Crippen LogP contribution in [0.25, 0.3) is 0 Å². The molecule has 21 heavy (non-hydrogen) atoms. The summed E-state index contributed by atoms with van der Waals surface area (Å²) in [6.45, 7) is 0.784. The lowest BCUT2D eigenvalue weighted by Crippen LogP contribution is -2.40. The zero-order valence-corrected chi connectivity index (χ0v) is 13.0. The van der Waals surface area contributed by atoms with Gasteiger partial charge in [-0.05, 0) is 42.9 Å². The second-order valence-electron chi connectivity index (χ2n) is 6.23. The first kappa shape index (κ1) is 14.9. The Morgan fingerprint density at radius 1 is 1.43 bits per heavy atom. The molecule has 3 atom stereocenters. The SMILES string of the molecule is O=C(O)C(CC1CCOC2(CCSC2)C1)c1ccccc1. The summed E-state index contributed by atoms with van der Waals surface area (Å²) in [6, 6.07) is 9.63. The van der Waals surface area contributed by atoms with E-state index in [1.54, 1.807) is 0 Å². The molecule has 2 heterocycles. The van der Waals surface area contributed by atoms with E-state index in [1.807, 2.05) is 42.1 Å². The van der Waals surface area contributed by atoms with Gasteiger partial charge in [-0.1, -0.05) is 30.3 Å². The van der Waals surface area contributed by atoms with Crippen LogP contribution in [0.2, 0.25) is 0 Å². The van der Waals surface area contributed by atoms with E-state index in [4.69, 9.17) is 4.74 Å². The molecule has 2 aliphatic heterocycles. The van der Waals surface area contributed by atoms with Crippen LogP contribution in [0.1, 0.15) is 37.2 Å². The second-order valence-corrected chi connectivity index (χ2v) is 7.34. The van der Waals surface area contributed by atoms with E-state index >= 15 is 0 Å². The fraction of sp³-hybridized carbons (Fsp3) is 0.588. The number of carboxylic acids is 1. The molecule has 2 fully saturated rings. The Morgan fingerprint density at radius 3 is 2.90 bits per heavy atom. The molecule has 0 aromatic heterocycles. The van der Waals surface area contributed by atoms with E-state index in [1.165, 1.54) is 5.75 Å². The van der Waals surface area contributed by atoms with Crippen molar-refractivity contribution in [1.29, 1.82) is 0 Å². The Balaban J connectivity index is 1.70. The van der Waals surface area contributed by atoms with Crippen molar-refractivity contribution in [2.75, 3.05) is 18.1 Å². The first-order valence-corrected chi connectivity index (χ1v) is 8.83. The summed E-state index contributed by atoms with van der Waals surface area (Å²) in [5.74, 6) is 1.61. The number of aliphatic carboxylic acids is 1. The molecule has 0 radical (unpaired) electrons. The van der Waals surface area contributed by atoms with E-state index in [9.17, 15) is 9.90 Å². The van der Waals surface area contributed by atoms with Crippen LogP contribution in [-0.4, -0.2) is 34.8 Å². The fourth-order valence-corrected chi connectivity index (χ4v) is 4.97. The lowest BCUT2D eigenvalue weighted by atomic mass is 9.79. The average molecular weight is 306 g/mol. The normalized spacial score (nSPS) is 30.4. The summed E-state index contributed by atoms with van der Waals surface area (Å²) in [7, 11) is 0. The number of ether oxygens (including phenoxy) is 1. The van der Waals surface area contributed by atoms with E-state index < -0.39 is 5.97 Å². The number of benzene rings is 1. The molecule has 3 nitrogen and oxygen atoms in total. The molecule has 1 N–H and O–H groups in total. The number of rotatable bonds is 4. The molecular formula is C17H22O3S. The molecule has 1 aromatic carbocycles. The number of hydrogen-bond acceptors (Lipinski definition) is 3. The topological polar surface area (TPSA) is 46.5 Å². The zero-order valence-electron chi connectivity index (χ0n) is 12.2. The minimum Gasteiger partial charge on any atom is -0.481 e. The molecule has 0 amide bonds. The van der Waals surface area contributed by atoms with Gasteiger partial charge in [-0.3, -0.25) is 4.79 Å². The molecule has 3 rings (SSSR count). The van der Waals surface area contributed by atoms with Crippen LogP contribution in [0.15, 0.2) is 30.3 Å². The minimum absolute atomic E-state index is 0.0350. The van der Waals surface area contributed by atoms with Crippen LogP contribution in [0, 0.1) is 5.92 Å². The van der Waals surface area contributed by atoms with E-state index in [0.717, 1.165) is 43.6 Å². The summed E-state index contributed by atoms with van der Waals surface area (Å²) < 4.78 is 6.04. The Bertz CT molecular complexity index is 482. The van der Waals surface area contributed by atoms with Gasteiger partial charge in [0.1, 0.15) is 0 Å². The zero-order chi connectivity index (χ0) is 14.7. The van der Waals surface area contributed by atoms with Crippen LogP contribution in [0.5, 0.6) is 0 Å². The maximum Gasteiger partial charge on any atom is 0.310 e. The van der Waals surface area contributed by atoms with Crippen LogP contribution < -0.4 is 0 Å². The molecule has 0 aliphatic carbocycles. The van der Waals surface area contributed by atoms with Crippen molar-refractivity contribution < 1.29 is 14.6 Å². The maximum atomic E-state index is 11.7. The first-order valence-electron chi connectivity index (χ1n) is 7.68. The largest absolute Gasteiger partial charge is 0.481 e. The van der Waals surface area contributed by atoms with Gasteiger partial charge < -0.3 is 9.84 Å². The van der Waals surface area contributed by atoms with Gasteiger partial charge in [-0.15, -0.1) is 0 Å². The molecule has 114 valence electrons. The summed E-state index contributed by atoms with van der Waals surface area (Å²) in [5.41, 5.74) is 0.958. The molecule has 2 saturated heterocycles. The Kier molecular flexibility index (Phi) is 4.55. The minimum atomic E-state index is -0.706. The first-order chi connectivity index (χ1) is 10.2. The Morgan fingerprint density at radius 2 is 2.24 bits per heavy atom. The van der Waals surface area contributed by atoms with Gasteiger partial charge in [-0.2, -0.15) is 11.8 Å². The van der Waals surface area contributed by atoms with Crippen molar-refractivity contribution in [3.8, 4) is 0 Å². The lowest BCUT2D eigenvalue weighted by molar-refractivity contribution is -0.140. The lowest BCUT2D eigenvalue weighted by Gasteiger charge is -2.38. The van der Waals surface area contributed by atoms with Crippen LogP contribution in [0.3, 0.4) is 0 Å². The highest BCUT2D eigenvalue weighted by Crippen LogP contribution is 2.43. The average Bonchev–Trinajstić information content (AvgIpc) is 2.93. The Labute approximate surface area is 130 Å². The van der Waals surface area contributed by atoms with Gasteiger partial charge in [0.05, 0.1) is 11.5 Å². The van der Waals surface area contributed by atoms with Gasteiger partial charge in [0, 0.05) is 12.4 Å². The fourth-order valence-electron chi connectivity index (χ4n) is 3.59. The van der Waals surface area contributed by atoms with Crippen LogP contribution >= 0.6 is 11.8 Å². The number of carbonyl (C=O) groups is 1. The molecule has 1 aromatic rings. The summed E-state index contributed by atoms with van der Waals surface area (Å²) >= 11 is 1.96. The third kappa shape index (κ3) is 3.43. The van der Waals surface area contributed by atoms with Crippen molar-refractivity contribution in [2.24, 2.45) is 5.92 Å². The number of hydrogen-bond donors (Lipinski definition) is 1. The highest BCUT2D eigenvalue weighted by Gasteiger charge is 2.41. The standard InChI is InChI=1S/C17H22O3S/c18-16(19)15(14-4-2-1-3-5-14)10-13-6-8-20-17(11-13)7-9-21-12-17/h1-5,13,15H,6-12H2,(H,18,19). The van der Waals surface area contributed by atoms with E-state index in [0.29, 0.717) is 5.92 Å². The summed E-state index contributed by atoms with van der Waals surface area (Å²) in [6.07, 6.45) is 3.87. The molecular weight excluding hydrogens is 284 g/mol. The molecule has 0 saturated carbocycles. The highest BCUT2D eigenvalue weighted by atomic mass is 32.2. The number of thioether (sulfide) groups is 1. The van der Waals surface area contributed by atoms with E-state index in [2.05, 4.69) is 0 Å². The van der Waals surface area contributed by atoms with Crippen molar-refractivity contribution in [1.82, 2.24) is 0 Å². The maximum absolute atomic E-state index is 11.7. The van der Waals surface area contributed by atoms with E-state index in [-0.39, 0.29) is 11.5 Å². The predicted molar refractivity (Wildman–Crippen MR) is 84.8 cm³/mol. The van der Waals surface area contributed by atoms with Crippen LogP contribution in [-0.2, 0) is 9.53 Å². The van der Waals surface area contributed by atoms with Gasteiger partial charge in [0.15, 0.2) is 0 Å². The Hall–Kier alpha value is -1.00. The number of carboxylic acid groups (broad SMARTS) is 1. The van der Waals surface area contributed by atoms with Gasteiger partial charge in [0.25, 0.3) is 0 Å². The molecule has 3 unspecified atom stereocenters. The van der Waals surface area contributed by atoms with Gasteiger partial charge in [0.2, 0.25) is 0 Å². The molecule has 4 heteroatoms. The third-order valence-electron chi connectivity index (χ3n) is 4.73. The molecule has 0 bridgehead atoms. The van der Waals surface area contributed by atoms with Gasteiger partial charge >= 0.3 is 5.97 Å². The highest BCUT2D eigenvalue weighted by molar-refractivity contribution is 7.99. The monoisotopic (exact) mass is 306 g/mol. The van der Waals surface area contributed by atoms with Gasteiger partial charge in [-0.25, -0.2) is 0 Å². The molecule has 2 aliphatic rings. The van der Waals surface area contributed by atoms with Crippen molar-refractivity contribution in [2.45, 2.75) is 37.2 Å². The van der Waals surface area contributed by atoms with Crippen molar-refractivity contribution in [3.63, 3.8) is 0 Å². The smallest absolute Gasteiger partial charge is 0.310 e. The summed E-state index contributed by atoms with van der Waals surface area (Å²) in [5, 5.41) is 9.58. The summed E-state index contributed by atoms with van der Waals surface area (Å²) in [4.78, 5) is 11.7. The predicted octanol–water partition coefficient (Wildman–Crippen LogP) is 3.55.